The molecule has 6 nitrogen and oxygen atoms in total. The minimum absolute atomic E-state index is 0.135. The number of nitrogens with zero attached hydrogens (tertiary/aromatic N) is 4. The van der Waals surface area contributed by atoms with Crippen molar-refractivity contribution < 1.29 is 13.2 Å². The Bertz CT molecular complexity index is 1800. The van der Waals surface area contributed by atoms with Gasteiger partial charge in [-0.05, 0) is 100 Å². The number of nitriles is 1. The minimum Gasteiger partial charge on any atom is -0.389 e. The van der Waals surface area contributed by atoms with Gasteiger partial charge in [0.15, 0.2) is 5.82 Å². The lowest BCUT2D eigenvalue weighted by Gasteiger charge is -2.40. The summed E-state index contributed by atoms with van der Waals surface area (Å²) in [6.45, 7) is 11.0. The van der Waals surface area contributed by atoms with Crippen molar-refractivity contribution in [3.05, 3.63) is 52.2 Å². The summed E-state index contributed by atoms with van der Waals surface area (Å²) < 4.78 is 44.3. The van der Waals surface area contributed by atoms with Gasteiger partial charge in [-0.3, -0.25) is 4.90 Å². The Balaban J connectivity index is 0.000000334. The van der Waals surface area contributed by atoms with Gasteiger partial charge in [0.2, 0.25) is 0 Å². The predicted molar refractivity (Wildman–Crippen MR) is 187 cm³/mol. The molecule has 0 bridgehead atoms. The van der Waals surface area contributed by atoms with Crippen molar-refractivity contribution in [1.82, 2.24) is 10.2 Å². The number of hydrogen-bond acceptors (Lipinski definition) is 7. The first-order chi connectivity index (χ1) is 22.7. The van der Waals surface area contributed by atoms with Crippen molar-refractivity contribution >= 4 is 55.1 Å². The molecular formula is C36H40ClF3N6S. The number of anilines is 2. The fourth-order valence-electron chi connectivity index (χ4n) is 8.42. The molecule has 0 aliphatic carbocycles. The zero-order valence-electron chi connectivity index (χ0n) is 26.6. The van der Waals surface area contributed by atoms with Gasteiger partial charge in [0, 0.05) is 30.1 Å². The van der Waals surface area contributed by atoms with Crippen LogP contribution in [0.2, 0.25) is 5.02 Å². The molecular weight excluding hydrogens is 641 g/mol. The molecule has 0 radical (unpaired) electrons. The molecule has 0 spiro atoms. The third-order valence-electron chi connectivity index (χ3n) is 10.8. The maximum absolute atomic E-state index is 16.7. The first-order valence-corrected chi connectivity index (χ1v) is 18.0. The molecule has 6 heterocycles. The first kappa shape index (κ1) is 32.4. The van der Waals surface area contributed by atoms with Crippen LogP contribution >= 0.6 is 22.9 Å². The molecule has 5 aliphatic rings. The van der Waals surface area contributed by atoms with Crippen molar-refractivity contribution in [2.24, 2.45) is 16.8 Å². The lowest BCUT2D eigenvalue weighted by atomic mass is 9.83. The third kappa shape index (κ3) is 5.63. The van der Waals surface area contributed by atoms with E-state index in [2.05, 4.69) is 27.8 Å². The summed E-state index contributed by atoms with van der Waals surface area (Å²) in [6, 6.07) is 5.46. The van der Waals surface area contributed by atoms with Crippen LogP contribution in [0.3, 0.4) is 0 Å². The number of benzene rings is 2. The number of hydrogen-bond donors (Lipinski definition) is 2. The van der Waals surface area contributed by atoms with Crippen molar-refractivity contribution in [3.63, 3.8) is 0 Å². The maximum Gasteiger partial charge on any atom is 0.160 e. The molecule has 3 aromatic rings. The van der Waals surface area contributed by atoms with E-state index in [4.69, 9.17) is 22.3 Å². The molecule has 4 unspecified atom stereocenters. The Morgan fingerprint density at radius 2 is 2.02 bits per heavy atom. The van der Waals surface area contributed by atoms with Crippen LogP contribution in [0.15, 0.2) is 29.4 Å². The molecule has 248 valence electrons. The second kappa shape index (κ2) is 13.1. The zero-order chi connectivity index (χ0) is 33.0. The summed E-state index contributed by atoms with van der Waals surface area (Å²) in [5.41, 5.74) is 9.98. The Kier molecular flexibility index (Phi) is 9.03. The third-order valence-corrected chi connectivity index (χ3v) is 12.2. The van der Waals surface area contributed by atoms with Crippen LogP contribution in [0, 0.1) is 34.8 Å². The van der Waals surface area contributed by atoms with Crippen molar-refractivity contribution in [2.75, 3.05) is 43.4 Å². The topological polar surface area (TPSA) is 80.7 Å². The number of alkyl halides is 1. The zero-order valence-corrected chi connectivity index (χ0v) is 28.2. The van der Waals surface area contributed by atoms with Crippen LogP contribution in [-0.2, 0) is 6.42 Å². The van der Waals surface area contributed by atoms with Gasteiger partial charge in [-0.1, -0.05) is 31.2 Å². The van der Waals surface area contributed by atoms with Crippen LogP contribution in [-0.4, -0.2) is 55.5 Å². The van der Waals surface area contributed by atoms with Gasteiger partial charge in [-0.2, -0.15) is 5.26 Å². The van der Waals surface area contributed by atoms with Crippen LogP contribution in [0.4, 0.5) is 29.5 Å². The van der Waals surface area contributed by atoms with Crippen LogP contribution in [0.25, 0.3) is 21.2 Å². The maximum atomic E-state index is 16.7. The van der Waals surface area contributed by atoms with E-state index in [1.807, 2.05) is 6.92 Å². The molecule has 0 amide bonds. The average Bonchev–Trinajstić information content (AvgIpc) is 3.84. The number of rotatable bonds is 3. The molecule has 1 aromatic heterocycles. The summed E-state index contributed by atoms with van der Waals surface area (Å²) in [6.07, 6.45) is 7.17. The molecule has 8 rings (SSSR count). The van der Waals surface area contributed by atoms with Gasteiger partial charge >= 0.3 is 0 Å². The number of nitrogens with two attached hydrogens (primary N) is 1. The Morgan fingerprint density at radius 3 is 2.74 bits per heavy atom. The highest BCUT2D eigenvalue weighted by Crippen LogP contribution is 2.53. The minimum atomic E-state index is -0.571. The highest BCUT2D eigenvalue weighted by atomic mass is 35.5. The highest BCUT2D eigenvalue weighted by Gasteiger charge is 2.38. The van der Waals surface area contributed by atoms with E-state index in [1.54, 1.807) is 0 Å². The summed E-state index contributed by atoms with van der Waals surface area (Å²) >= 11 is 8.06. The number of thiophene rings is 1. The summed E-state index contributed by atoms with van der Waals surface area (Å²) in [5, 5.41) is 14.1. The normalized spacial score (nSPS) is 25.5. The van der Waals surface area contributed by atoms with Crippen molar-refractivity contribution in [1.29, 1.82) is 5.26 Å². The Hall–Kier alpha value is -3.10. The molecule has 5 aliphatic heterocycles. The van der Waals surface area contributed by atoms with Crippen molar-refractivity contribution in [2.45, 2.75) is 70.5 Å². The average molecular weight is 681 g/mol. The molecule has 0 saturated carbocycles. The quantitative estimate of drug-likeness (QED) is 0.290. The lowest BCUT2D eigenvalue weighted by molar-refractivity contribution is 0.292. The molecule has 11 heteroatoms. The SMILES string of the molecule is C=C1C(CC)=Nc2c(F)c(-c3ccc(F)c4sc(N)c(C#N)c34)c(Cl)c3c2N1CC(C1CCNC1)CCC3.FC1CC2CCCN2C1. The van der Waals surface area contributed by atoms with Crippen molar-refractivity contribution in [3.8, 4) is 17.2 Å². The molecule has 47 heavy (non-hydrogen) atoms. The molecule has 3 N–H and O–H groups in total. The van der Waals surface area contributed by atoms with E-state index in [9.17, 15) is 14.0 Å². The number of fused-ring (bicyclic) bond motifs is 2. The van der Waals surface area contributed by atoms with E-state index in [1.165, 1.54) is 25.0 Å². The Morgan fingerprint density at radius 1 is 1.19 bits per heavy atom. The second-order valence-corrected chi connectivity index (χ2v) is 14.9. The summed E-state index contributed by atoms with van der Waals surface area (Å²) in [7, 11) is 0. The second-order valence-electron chi connectivity index (χ2n) is 13.4. The number of halogens is 4. The fourth-order valence-corrected chi connectivity index (χ4v) is 9.73. The largest absolute Gasteiger partial charge is 0.389 e. The lowest BCUT2D eigenvalue weighted by Crippen LogP contribution is -2.38. The van der Waals surface area contributed by atoms with E-state index < -0.39 is 17.8 Å². The van der Waals surface area contributed by atoms with E-state index in [0.717, 1.165) is 80.2 Å². The first-order valence-electron chi connectivity index (χ1n) is 16.8. The van der Waals surface area contributed by atoms with Crippen LogP contribution in [0.1, 0.15) is 63.0 Å². The molecule has 3 saturated heterocycles. The van der Waals surface area contributed by atoms with Gasteiger partial charge in [-0.15, -0.1) is 11.3 Å². The standard InChI is InChI=1S/C29H28ClF2N5S.C7H12FN/c1-3-21-14(2)37-13-16(15-9-10-35-12-15)5-4-6-18-24(30)23(25(32)26(36-21)27(18)37)17-7-8-20(31)28-22(17)19(11-33)29(34)38-28;8-6-4-7-2-1-3-9(7)5-6/h7-8,15-16,35H,2-6,9-10,12-13,34H2,1H3;6-7H,1-5H2. The summed E-state index contributed by atoms with van der Waals surface area (Å²) in [5.74, 6) is -0.0628. The smallest absolute Gasteiger partial charge is 0.160 e. The van der Waals surface area contributed by atoms with Gasteiger partial charge < -0.3 is 16.0 Å². The van der Waals surface area contributed by atoms with E-state index in [0.29, 0.717) is 53.9 Å². The van der Waals surface area contributed by atoms with Gasteiger partial charge in [0.05, 0.1) is 32.4 Å². The number of nitrogens with one attached hydrogen (secondary N) is 1. The predicted octanol–water partition coefficient (Wildman–Crippen LogP) is 8.52. The number of allylic oxidation sites excluding steroid dienone is 1. The van der Waals surface area contributed by atoms with Crippen LogP contribution < -0.4 is 16.0 Å². The van der Waals surface area contributed by atoms with Gasteiger partial charge in [-0.25, -0.2) is 18.2 Å². The van der Waals surface area contributed by atoms with E-state index >= 15 is 4.39 Å². The molecule has 2 aromatic carbocycles. The number of aliphatic imine (C=N–C) groups is 1. The highest BCUT2D eigenvalue weighted by molar-refractivity contribution is 7.23. The van der Waals surface area contributed by atoms with Crippen LogP contribution in [0.5, 0.6) is 0 Å². The van der Waals surface area contributed by atoms with Gasteiger partial charge in [0.25, 0.3) is 0 Å². The molecule has 4 atom stereocenters. The number of nitrogen functional groups attached to an aromatic ring is 1. The summed E-state index contributed by atoms with van der Waals surface area (Å²) in [4.78, 5) is 9.20. The monoisotopic (exact) mass is 680 g/mol. The molecule has 3 fully saturated rings. The van der Waals surface area contributed by atoms with E-state index in [-0.39, 0.29) is 31.5 Å². The van der Waals surface area contributed by atoms with Gasteiger partial charge in [0.1, 0.15) is 28.7 Å². The Labute approximate surface area is 283 Å². The fraction of sp³-hybridized carbons (Fsp3) is 0.500.